The zero-order chi connectivity index (χ0) is 15.2. The largest absolute Gasteiger partial charge is 0.490 e. The molecule has 1 unspecified atom stereocenters. The van der Waals surface area contributed by atoms with Crippen molar-refractivity contribution in [3.63, 3.8) is 0 Å². The average Bonchev–Trinajstić information content (AvgIpc) is 2.83. The molecule has 0 aliphatic heterocycles. The fraction of sp³-hybridized carbons (Fsp3) is 0.438. The standard InChI is InChI=1S/C16H23N3O2/c1-4-20-15-7-5-6-13(10-12(2)17)16(15)21-11-14-8-9-19(3)18-14/h5-9,12H,4,10-11,17H2,1-3H3. The highest BCUT2D eigenvalue weighted by Crippen LogP contribution is 2.32. The SMILES string of the molecule is CCOc1cccc(CC(C)N)c1OCc1ccn(C)n1. The van der Waals surface area contributed by atoms with Gasteiger partial charge in [0, 0.05) is 19.3 Å². The van der Waals surface area contributed by atoms with E-state index in [2.05, 4.69) is 5.10 Å². The Labute approximate surface area is 125 Å². The summed E-state index contributed by atoms with van der Waals surface area (Å²) in [6, 6.07) is 7.92. The van der Waals surface area contributed by atoms with Crippen LogP contribution in [0.25, 0.3) is 0 Å². The zero-order valence-electron chi connectivity index (χ0n) is 12.9. The summed E-state index contributed by atoms with van der Waals surface area (Å²) in [5.74, 6) is 1.52. The molecule has 2 rings (SSSR count). The lowest BCUT2D eigenvalue weighted by molar-refractivity contribution is 0.263. The molecule has 0 saturated heterocycles. The number of hydrogen-bond acceptors (Lipinski definition) is 4. The second-order valence-electron chi connectivity index (χ2n) is 5.13. The van der Waals surface area contributed by atoms with Crippen molar-refractivity contribution < 1.29 is 9.47 Å². The molecule has 0 fully saturated rings. The summed E-state index contributed by atoms with van der Waals surface area (Å²) in [6.07, 6.45) is 2.65. The molecule has 1 aromatic heterocycles. The third-order valence-electron chi connectivity index (χ3n) is 3.04. The molecule has 0 bridgehead atoms. The van der Waals surface area contributed by atoms with Crippen molar-refractivity contribution in [3.05, 3.63) is 41.7 Å². The van der Waals surface area contributed by atoms with E-state index in [1.54, 1.807) is 4.68 Å². The first-order valence-electron chi connectivity index (χ1n) is 7.21. The molecule has 5 heteroatoms. The molecule has 114 valence electrons. The number of para-hydroxylation sites is 1. The molecule has 5 nitrogen and oxygen atoms in total. The monoisotopic (exact) mass is 289 g/mol. The predicted molar refractivity (Wildman–Crippen MR) is 82.5 cm³/mol. The lowest BCUT2D eigenvalue weighted by Gasteiger charge is -2.16. The summed E-state index contributed by atoms with van der Waals surface area (Å²) in [4.78, 5) is 0. The van der Waals surface area contributed by atoms with Gasteiger partial charge in [0.1, 0.15) is 6.61 Å². The summed E-state index contributed by atoms with van der Waals surface area (Å²) in [5.41, 5.74) is 7.86. The molecule has 21 heavy (non-hydrogen) atoms. The van der Waals surface area contributed by atoms with Gasteiger partial charge in [-0.3, -0.25) is 4.68 Å². The van der Waals surface area contributed by atoms with Gasteiger partial charge in [-0.1, -0.05) is 12.1 Å². The highest BCUT2D eigenvalue weighted by Gasteiger charge is 2.13. The van der Waals surface area contributed by atoms with Gasteiger partial charge in [-0.15, -0.1) is 0 Å². The van der Waals surface area contributed by atoms with Gasteiger partial charge in [0.05, 0.1) is 12.3 Å². The molecule has 2 N–H and O–H groups in total. The van der Waals surface area contributed by atoms with Crippen molar-refractivity contribution in [2.24, 2.45) is 12.8 Å². The quantitative estimate of drug-likeness (QED) is 0.849. The average molecular weight is 289 g/mol. The van der Waals surface area contributed by atoms with Crippen LogP contribution in [0, 0.1) is 0 Å². The van der Waals surface area contributed by atoms with Gasteiger partial charge in [-0.2, -0.15) is 5.10 Å². The second kappa shape index (κ2) is 7.13. The fourth-order valence-electron chi connectivity index (χ4n) is 2.19. The van der Waals surface area contributed by atoms with E-state index in [0.29, 0.717) is 13.2 Å². The summed E-state index contributed by atoms with van der Waals surface area (Å²) in [5, 5.41) is 4.32. The van der Waals surface area contributed by atoms with Crippen LogP contribution in [0.3, 0.4) is 0 Å². The van der Waals surface area contributed by atoms with E-state index in [-0.39, 0.29) is 6.04 Å². The smallest absolute Gasteiger partial charge is 0.165 e. The molecule has 0 spiro atoms. The van der Waals surface area contributed by atoms with E-state index in [1.807, 2.05) is 51.4 Å². The van der Waals surface area contributed by atoms with Crippen molar-refractivity contribution >= 4 is 0 Å². The maximum Gasteiger partial charge on any atom is 0.165 e. The molecule has 0 saturated carbocycles. The number of ether oxygens (including phenoxy) is 2. The Hall–Kier alpha value is -2.01. The summed E-state index contributed by atoms with van der Waals surface area (Å²) < 4.78 is 13.4. The topological polar surface area (TPSA) is 62.3 Å². The molecular formula is C16H23N3O2. The minimum Gasteiger partial charge on any atom is -0.490 e. The Balaban J connectivity index is 2.20. The van der Waals surface area contributed by atoms with E-state index in [1.165, 1.54) is 0 Å². The molecule has 0 aliphatic carbocycles. The van der Waals surface area contributed by atoms with Crippen molar-refractivity contribution in [3.8, 4) is 11.5 Å². The van der Waals surface area contributed by atoms with Crippen molar-refractivity contribution in [1.82, 2.24) is 9.78 Å². The van der Waals surface area contributed by atoms with Crippen LogP contribution in [0.4, 0.5) is 0 Å². The van der Waals surface area contributed by atoms with Gasteiger partial charge in [-0.05, 0) is 38.0 Å². The zero-order valence-corrected chi connectivity index (χ0v) is 12.9. The van der Waals surface area contributed by atoms with E-state index >= 15 is 0 Å². The number of benzene rings is 1. The van der Waals surface area contributed by atoms with Crippen LogP contribution in [-0.4, -0.2) is 22.4 Å². The first-order valence-corrected chi connectivity index (χ1v) is 7.21. The van der Waals surface area contributed by atoms with Gasteiger partial charge in [0.2, 0.25) is 0 Å². The summed E-state index contributed by atoms with van der Waals surface area (Å²) in [7, 11) is 1.89. The molecular weight excluding hydrogens is 266 g/mol. The summed E-state index contributed by atoms with van der Waals surface area (Å²) in [6.45, 7) is 4.95. The Morgan fingerprint density at radius 1 is 1.29 bits per heavy atom. The normalized spacial score (nSPS) is 12.2. The fourth-order valence-corrected chi connectivity index (χ4v) is 2.19. The van der Waals surface area contributed by atoms with Crippen LogP contribution >= 0.6 is 0 Å². The van der Waals surface area contributed by atoms with Gasteiger partial charge in [0.15, 0.2) is 11.5 Å². The first-order chi connectivity index (χ1) is 10.1. The highest BCUT2D eigenvalue weighted by atomic mass is 16.5. The molecule has 0 aliphatic rings. The second-order valence-corrected chi connectivity index (χ2v) is 5.13. The molecule has 1 aromatic carbocycles. The molecule has 2 aromatic rings. The molecule has 1 atom stereocenters. The molecule has 0 amide bonds. The molecule has 0 radical (unpaired) electrons. The molecule has 1 heterocycles. The first kappa shape index (κ1) is 15.4. The van der Waals surface area contributed by atoms with E-state index in [9.17, 15) is 0 Å². The van der Waals surface area contributed by atoms with Crippen molar-refractivity contribution in [1.29, 1.82) is 0 Å². The van der Waals surface area contributed by atoms with Gasteiger partial charge >= 0.3 is 0 Å². The Morgan fingerprint density at radius 3 is 2.71 bits per heavy atom. The third kappa shape index (κ3) is 4.23. The number of rotatable bonds is 7. The number of nitrogens with zero attached hydrogens (tertiary/aromatic N) is 2. The Kier molecular flexibility index (Phi) is 5.22. The van der Waals surface area contributed by atoms with Gasteiger partial charge in [0.25, 0.3) is 0 Å². The van der Waals surface area contributed by atoms with E-state index in [0.717, 1.165) is 29.2 Å². The van der Waals surface area contributed by atoms with Gasteiger partial charge < -0.3 is 15.2 Å². The lowest BCUT2D eigenvalue weighted by atomic mass is 10.1. The number of nitrogens with two attached hydrogens (primary N) is 1. The Bertz CT molecular complexity index is 579. The van der Waals surface area contributed by atoms with Crippen molar-refractivity contribution in [2.75, 3.05) is 6.61 Å². The van der Waals surface area contributed by atoms with Crippen molar-refractivity contribution in [2.45, 2.75) is 32.9 Å². The van der Waals surface area contributed by atoms with Crippen LogP contribution in [0.5, 0.6) is 11.5 Å². The lowest BCUT2D eigenvalue weighted by Crippen LogP contribution is -2.18. The van der Waals surface area contributed by atoms with Crippen LogP contribution in [-0.2, 0) is 20.1 Å². The van der Waals surface area contributed by atoms with Crippen LogP contribution in [0.15, 0.2) is 30.5 Å². The van der Waals surface area contributed by atoms with E-state index < -0.39 is 0 Å². The van der Waals surface area contributed by atoms with E-state index in [4.69, 9.17) is 15.2 Å². The van der Waals surface area contributed by atoms with Crippen LogP contribution in [0.1, 0.15) is 25.1 Å². The van der Waals surface area contributed by atoms with Crippen LogP contribution < -0.4 is 15.2 Å². The number of aryl methyl sites for hydroxylation is 1. The highest BCUT2D eigenvalue weighted by molar-refractivity contribution is 5.47. The minimum absolute atomic E-state index is 0.0686. The summed E-state index contributed by atoms with van der Waals surface area (Å²) >= 11 is 0. The maximum atomic E-state index is 5.96. The maximum absolute atomic E-state index is 5.96. The third-order valence-corrected chi connectivity index (χ3v) is 3.04. The van der Waals surface area contributed by atoms with Gasteiger partial charge in [-0.25, -0.2) is 0 Å². The minimum atomic E-state index is 0.0686. The predicted octanol–water partition coefficient (Wildman–Crippen LogP) is 2.29. The number of hydrogen-bond donors (Lipinski definition) is 1. The number of aromatic nitrogens is 2. The Morgan fingerprint density at radius 2 is 2.10 bits per heavy atom. The van der Waals surface area contributed by atoms with Crippen LogP contribution in [0.2, 0.25) is 0 Å².